The number of carbonyl (C=O) groups is 1. The zero-order valence-corrected chi connectivity index (χ0v) is 13.2. The third kappa shape index (κ3) is 3.93. The van der Waals surface area contributed by atoms with E-state index in [-0.39, 0.29) is 5.91 Å². The monoisotopic (exact) mass is 269 g/mol. The van der Waals surface area contributed by atoms with E-state index in [0.29, 0.717) is 24.4 Å². The quantitative estimate of drug-likeness (QED) is 0.668. The molecule has 1 rings (SSSR count). The van der Waals surface area contributed by atoms with E-state index in [0.717, 1.165) is 25.8 Å². The number of carbonyl (C=O) groups excluding carboxylic acids is 1. The van der Waals surface area contributed by atoms with Gasteiger partial charge in [0.15, 0.2) is 0 Å². The van der Waals surface area contributed by atoms with Gasteiger partial charge < -0.3 is 16.0 Å². The molecular weight excluding hydrogens is 238 g/mol. The summed E-state index contributed by atoms with van der Waals surface area (Å²) >= 11 is 0. The van der Waals surface area contributed by atoms with E-state index < -0.39 is 5.54 Å². The van der Waals surface area contributed by atoms with E-state index >= 15 is 0 Å². The Kier molecular flexibility index (Phi) is 5.81. The van der Waals surface area contributed by atoms with Gasteiger partial charge in [0.05, 0.1) is 0 Å². The summed E-state index contributed by atoms with van der Waals surface area (Å²) in [5.74, 6) is 0.797. The fraction of sp³-hybridized carbons (Fsp3) is 0.933. The molecule has 0 heterocycles. The van der Waals surface area contributed by atoms with Crippen molar-refractivity contribution in [1.29, 1.82) is 0 Å². The molecule has 0 aromatic heterocycles. The molecule has 0 radical (unpaired) electrons. The third-order valence-corrected chi connectivity index (χ3v) is 4.56. The molecule has 4 heteroatoms. The van der Waals surface area contributed by atoms with Crippen molar-refractivity contribution in [2.24, 2.45) is 17.6 Å². The minimum absolute atomic E-state index is 0.189. The maximum atomic E-state index is 12.1. The van der Waals surface area contributed by atoms with Crippen molar-refractivity contribution in [3.63, 3.8) is 0 Å². The summed E-state index contributed by atoms with van der Waals surface area (Å²) in [6, 6.07) is 0.445. The van der Waals surface area contributed by atoms with Crippen molar-refractivity contribution in [3.8, 4) is 0 Å². The fourth-order valence-corrected chi connectivity index (χ4v) is 2.67. The molecule has 0 aromatic rings. The lowest BCUT2D eigenvalue weighted by atomic mass is 9.90. The number of amides is 1. The van der Waals surface area contributed by atoms with Crippen LogP contribution in [0.4, 0.5) is 0 Å². The highest BCUT2D eigenvalue weighted by molar-refractivity contribution is 5.86. The Hall–Kier alpha value is -0.610. The van der Waals surface area contributed by atoms with Gasteiger partial charge in [-0.25, -0.2) is 0 Å². The summed E-state index contributed by atoms with van der Waals surface area (Å²) in [7, 11) is 2.10. The lowest BCUT2D eigenvalue weighted by Crippen LogP contribution is -2.64. The first-order valence-electron chi connectivity index (χ1n) is 7.60. The Morgan fingerprint density at radius 3 is 2.37 bits per heavy atom. The van der Waals surface area contributed by atoms with Gasteiger partial charge in [0, 0.05) is 12.6 Å². The predicted molar refractivity (Wildman–Crippen MR) is 79.9 cm³/mol. The Labute approximate surface area is 118 Å². The largest absolute Gasteiger partial charge is 0.368 e. The van der Waals surface area contributed by atoms with Crippen LogP contribution in [0, 0.1) is 11.8 Å². The maximum Gasteiger partial charge on any atom is 0.239 e. The fourth-order valence-electron chi connectivity index (χ4n) is 2.67. The predicted octanol–water partition coefficient (Wildman–Crippen LogP) is 1.60. The second-order valence-corrected chi connectivity index (χ2v) is 6.44. The van der Waals surface area contributed by atoms with E-state index in [2.05, 4.69) is 45.0 Å². The van der Waals surface area contributed by atoms with E-state index in [1.54, 1.807) is 0 Å². The van der Waals surface area contributed by atoms with Crippen LogP contribution in [0.1, 0.15) is 47.0 Å². The number of hydrogen-bond donors (Lipinski definition) is 2. The number of nitrogens with one attached hydrogen (secondary N) is 1. The Morgan fingerprint density at radius 2 is 2.00 bits per heavy atom. The second kappa shape index (κ2) is 6.71. The van der Waals surface area contributed by atoms with Gasteiger partial charge in [-0.1, -0.05) is 20.8 Å². The van der Waals surface area contributed by atoms with E-state index in [1.165, 1.54) is 0 Å². The normalized spacial score (nSPS) is 20.6. The van der Waals surface area contributed by atoms with Crippen LogP contribution in [0.2, 0.25) is 0 Å². The zero-order chi connectivity index (χ0) is 14.6. The van der Waals surface area contributed by atoms with Gasteiger partial charge in [-0.05, 0) is 51.6 Å². The minimum atomic E-state index is -0.534. The molecule has 1 fully saturated rings. The molecule has 1 aliphatic carbocycles. The number of likely N-dealkylation sites (N-methyl/N-ethyl adjacent to an activating group) is 1. The second-order valence-electron chi connectivity index (χ2n) is 6.44. The molecule has 0 aliphatic heterocycles. The van der Waals surface area contributed by atoms with Gasteiger partial charge in [-0.2, -0.15) is 0 Å². The van der Waals surface area contributed by atoms with Crippen molar-refractivity contribution in [1.82, 2.24) is 10.2 Å². The van der Waals surface area contributed by atoms with Crippen LogP contribution in [-0.2, 0) is 4.79 Å². The number of nitrogens with two attached hydrogens (primary N) is 1. The van der Waals surface area contributed by atoms with Gasteiger partial charge in [0.25, 0.3) is 0 Å². The summed E-state index contributed by atoms with van der Waals surface area (Å²) in [5, 5.41) is 3.45. The number of primary amides is 1. The molecule has 4 nitrogen and oxygen atoms in total. The van der Waals surface area contributed by atoms with Gasteiger partial charge in [0.1, 0.15) is 5.54 Å². The zero-order valence-electron chi connectivity index (χ0n) is 13.2. The summed E-state index contributed by atoms with van der Waals surface area (Å²) in [4.78, 5) is 14.3. The lowest BCUT2D eigenvalue weighted by molar-refractivity contribution is -0.126. The molecule has 2 unspecified atom stereocenters. The topological polar surface area (TPSA) is 58.4 Å². The van der Waals surface area contributed by atoms with Gasteiger partial charge >= 0.3 is 0 Å². The van der Waals surface area contributed by atoms with Gasteiger partial charge in [0.2, 0.25) is 5.91 Å². The van der Waals surface area contributed by atoms with E-state index in [1.807, 2.05) is 0 Å². The summed E-state index contributed by atoms with van der Waals surface area (Å²) in [6.07, 6.45) is 3.25. The lowest BCUT2D eigenvalue weighted by Gasteiger charge is -2.39. The molecule has 2 atom stereocenters. The molecule has 1 saturated carbocycles. The van der Waals surface area contributed by atoms with Crippen LogP contribution in [0.25, 0.3) is 0 Å². The van der Waals surface area contributed by atoms with Crippen molar-refractivity contribution in [3.05, 3.63) is 0 Å². The minimum Gasteiger partial charge on any atom is -0.368 e. The van der Waals surface area contributed by atoms with Crippen LogP contribution >= 0.6 is 0 Å². The van der Waals surface area contributed by atoms with Gasteiger partial charge in [-0.15, -0.1) is 0 Å². The van der Waals surface area contributed by atoms with Crippen LogP contribution in [0.5, 0.6) is 0 Å². The number of hydrogen-bond acceptors (Lipinski definition) is 3. The van der Waals surface area contributed by atoms with E-state index in [4.69, 9.17) is 5.73 Å². The molecule has 1 amide bonds. The Bertz CT molecular complexity index is 302. The number of rotatable bonds is 9. The average Bonchev–Trinajstić information content (AvgIpc) is 3.17. The van der Waals surface area contributed by atoms with Crippen LogP contribution in [0.15, 0.2) is 0 Å². The SMILES string of the molecule is CCCNC(CN(C)C(C)C(C)C)(C(N)=O)C1CC1. The molecule has 112 valence electrons. The molecular formula is C15H31N3O. The van der Waals surface area contributed by atoms with Crippen molar-refractivity contribution in [2.75, 3.05) is 20.1 Å². The molecule has 19 heavy (non-hydrogen) atoms. The third-order valence-electron chi connectivity index (χ3n) is 4.56. The molecule has 0 bridgehead atoms. The Morgan fingerprint density at radius 1 is 1.42 bits per heavy atom. The Balaban J connectivity index is 2.81. The van der Waals surface area contributed by atoms with Crippen molar-refractivity contribution >= 4 is 5.91 Å². The summed E-state index contributed by atoms with van der Waals surface area (Å²) < 4.78 is 0. The molecule has 3 N–H and O–H groups in total. The molecule has 0 saturated heterocycles. The molecule has 1 aliphatic rings. The van der Waals surface area contributed by atoms with Crippen molar-refractivity contribution in [2.45, 2.75) is 58.5 Å². The molecule has 0 aromatic carbocycles. The summed E-state index contributed by atoms with van der Waals surface area (Å²) in [6.45, 7) is 10.3. The number of nitrogens with zero attached hydrogens (tertiary/aromatic N) is 1. The first-order chi connectivity index (χ1) is 8.85. The maximum absolute atomic E-state index is 12.1. The standard InChI is InChI=1S/C15H31N3O/c1-6-9-17-15(14(16)19,13-7-8-13)10-18(5)12(4)11(2)3/h11-13,17H,6-10H2,1-5H3,(H2,16,19). The first-order valence-corrected chi connectivity index (χ1v) is 7.60. The average molecular weight is 269 g/mol. The smallest absolute Gasteiger partial charge is 0.239 e. The van der Waals surface area contributed by atoms with E-state index in [9.17, 15) is 4.79 Å². The van der Waals surface area contributed by atoms with Gasteiger partial charge in [-0.3, -0.25) is 4.79 Å². The van der Waals surface area contributed by atoms with Crippen molar-refractivity contribution < 1.29 is 4.79 Å². The molecule has 0 spiro atoms. The summed E-state index contributed by atoms with van der Waals surface area (Å²) in [5.41, 5.74) is 5.22. The van der Waals surface area contributed by atoms with Crippen LogP contribution in [-0.4, -0.2) is 42.5 Å². The highest BCUT2D eigenvalue weighted by atomic mass is 16.1. The highest BCUT2D eigenvalue weighted by Gasteiger charge is 2.50. The van der Waals surface area contributed by atoms with Crippen LogP contribution in [0.3, 0.4) is 0 Å². The van der Waals surface area contributed by atoms with Crippen LogP contribution < -0.4 is 11.1 Å². The first kappa shape index (κ1) is 16.4. The highest BCUT2D eigenvalue weighted by Crippen LogP contribution is 2.40.